The molecular weight excluding hydrogens is 542 g/mol. The molecule has 1 atom stereocenters. The van der Waals surface area contributed by atoms with Gasteiger partial charge in [-0.3, -0.25) is 14.8 Å². The molecule has 208 valence electrons. The maximum atomic E-state index is 12.8. The van der Waals surface area contributed by atoms with Crippen LogP contribution in [0.25, 0.3) is 0 Å². The number of nitrogens with one attached hydrogen (secondary N) is 3. The molecule has 11 nitrogen and oxygen atoms in total. The fourth-order valence-electron chi connectivity index (χ4n) is 3.37. The average Bonchev–Trinajstić information content (AvgIpc) is 2.92. The molecule has 3 rings (SSSR count). The van der Waals surface area contributed by atoms with Crippen molar-refractivity contribution < 1.29 is 27.4 Å². The topological polar surface area (TPSA) is 141 Å². The minimum Gasteiger partial charge on any atom is -0.491 e. The van der Waals surface area contributed by atoms with Crippen molar-refractivity contribution >= 4 is 44.8 Å². The first-order valence-electron chi connectivity index (χ1n) is 12.1. The third-order valence-corrected chi connectivity index (χ3v) is 6.96. The van der Waals surface area contributed by atoms with E-state index in [0.717, 1.165) is 19.3 Å². The first-order valence-corrected chi connectivity index (χ1v) is 14.0. The van der Waals surface area contributed by atoms with Gasteiger partial charge in [-0.1, -0.05) is 19.8 Å². The molecule has 0 aliphatic carbocycles. The zero-order valence-electron chi connectivity index (χ0n) is 22.1. The van der Waals surface area contributed by atoms with Crippen LogP contribution in [0.5, 0.6) is 17.6 Å². The van der Waals surface area contributed by atoms with E-state index in [0.29, 0.717) is 17.0 Å². The second kappa shape index (κ2) is 13.7. The summed E-state index contributed by atoms with van der Waals surface area (Å²) in [4.78, 5) is 20.4. The Bertz CT molecular complexity index is 1360. The third kappa shape index (κ3) is 8.79. The van der Waals surface area contributed by atoms with Crippen LogP contribution < -0.4 is 29.6 Å². The van der Waals surface area contributed by atoms with Crippen LogP contribution in [-0.2, 0) is 10.0 Å². The fourth-order valence-corrected chi connectivity index (χ4v) is 4.57. The number of ether oxygens (including phenoxy) is 3. The maximum absolute atomic E-state index is 12.8. The van der Waals surface area contributed by atoms with Crippen molar-refractivity contribution in [3.63, 3.8) is 0 Å². The molecule has 2 aromatic carbocycles. The van der Waals surface area contributed by atoms with Gasteiger partial charge in [-0.15, -0.1) is 0 Å². The van der Waals surface area contributed by atoms with Gasteiger partial charge < -0.3 is 19.5 Å². The van der Waals surface area contributed by atoms with Gasteiger partial charge in [0.1, 0.15) is 5.75 Å². The van der Waals surface area contributed by atoms with Crippen molar-refractivity contribution in [3.05, 3.63) is 60.2 Å². The summed E-state index contributed by atoms with van der Waals surface area (Å²) in [6, 6.07) is 13.9. The molecule has 0 aliphatic heterocycles. The number of carbonyl (C=O) groups is 1. The summed E-state index contributed by atoms with van der Waals surface area (Å²) >= 11 is 5.24. The molecule has 3 N–H and O–H groups in total. The van der Waals surface area contributed by atoms with Crippen LogP contribution in [0.3, 0.4) is 0 Å². The number of carbonyl (C=O) groups excluding carboxylic acids is 1. The number of hydrogen-bond donors (Lipinski definition) is 3. The summed E-state index contributed by atoms with van der Waals surface area (Å²) < 4.78 is 43.8. The standard InChI is InChI=1S/C26H31N5O6S2/c1-5-6-7-17(2)37-20-12-8-18(9-13-20)24(32)30-26(38)27-19-10-14-21(15-11-19)39(33,34)31-22-16-23(35-3)29-25(28-22)36-4/h8-17H,5-7H2,1-4H3,(H,28,29,31)(H2,27,30,32,38). The van der Waals surface area contributed by atoms with Gasteiger partial charge in [0, 0.05) is 17.3 Å². The van der Waals surface area contributed by atoms with Gasteiger partial charge in [0.25, 0.3) is 15.9 Å². The van der Waals surface area contributed by atoms with Crippen LogP contribution in [0.15, 0.2) is 59.5 Å². The molecule has 3 aromatic rings. The number of amides is 1. The smallest absolute Gasteiger partial charge is 0.321 e. The van der Waals surface area contributed by atoms with E-state index in [9.17, 15) is 13.2 Å². The molecule has 1 aromatic heterocycles. The van der Waals surface area contributed by atoms with E-state index < -0.39 is 15.9 Å². The largest absolute Gasteiger partial charge is 0.491 e. The minimum absolute atomic E-state index is 0.0182. The predicted octanol–water partition coefficient (Wildman–Crippen LogP) is 4.38. The summed E-state index contributed by atoms with van der Waals surface area (Å²) in [5.74, 6) is 0.418. The highest BCUT2D eigenvalue weighted by atomic mass is 32.2. The second-order valence-corrected chi connectivity index (χ2v) is 10.5. The first-order chi connectivity index (χ1) is 18.6. The van der Waals surface area contributed by atoms with Crippen LogP contribution in [-0.4, -0.2) is 49.7 Å². The van der Waals surface area contributed by atoms with Crippen LogP contribution in [0.4, 0.5) is 11.5 Å². The predicted molar refractivity (Wildman–Crippen MR) is 152 cm³/mol. The van der Waals surface area contributed by atoms with Gasteiger partial charge >= 0.3 is 6.01 Å². The van der Waals surface area contributed by atoms with E-state index in [1.807, 2.05) is 6.92 Å². The highest BCUT2D eigenvalue weighted by molar-refractivity contribution is 7.92. The van der Waals surface area contributed by atoms with Crippen molar-refractivity contribution in [1.29, 1.82) is 0 Å². The Morgan fingerprint density at radius 3 is 2.33 bits per heavy atom. The highest BCUT2D eigenvalue weighted by Gasteiger charge is 2.17. The summed E-state index contributed by atoms with van der Waals surface area (Å²) in [7, 11) is -1.23. The van der Waals surface area contributed by atoms with Crippen molar-refractivity contribution in [2.24, 2.45) is 0 Å². The number of unbranched alkanes of at least 4 members (excludes halogenated alkanes) is 1. The maximum Gasteiger partial charge on any atom is 0.321 e. The molecule has 0 saturated heterocycles. The molecule has 39 heavy (non-hydrogen) atoms. The lowest BCUT2D eigenvalue weighted by Gasteiger charge is -2.14. The lowest BCUT2D eigenvalue weighted by molar-refractivity contribution is 0.0977. The number of methoxy groups -OCH3 is 2. The quantitative estimate of drug-likeness (QED) is 0.267. The Hall–Kier alpha value is -3.97. The molecule has 0 bridgehead atoms. The van der Waals surface area contributed by atoms with Crippen molar-refractivity contribution in [2.45, 2.75) is 44.1 Å². The average molecular weight is 574 g/mol. The van der Waals surface area contributed by atoms with Gasteiger partial charge in [-0.2, -0.15) is 9.97 Å². The van der Waals surface area contributed by atoms with E-state index in [2.05, 4.69) is 32.2 Å². The SMILES string of the molecule is CCCCC(C)Oc1ccc(C(=O)NC(=S)Nc2ccc(S(=O)(=O)Nc3cc(OC)nc(OC)n3)cc2)cc1. The molecule has 13 heteroatoms. The Balaban J connectivity index is 1.57. The Morgan fingerprint density at radius 2 is 1.72 bits per heavy atom. The van der Waals surface area contributed by atoms with Crippen LogP contribution in [0.1, 0.15) is 43.5 Å². The number of aromatic nitrogens is 2. The summed E-state index contributed by atoms with van der Waals surface area (Å²) in [6.07, 6.45) is 3.26. The number of thiocarbonyl (C=S) groups is 1. The Labute approximate surface area is 233 Å². The lowest BCUT2D eigenvalue weighted by atomic mass is 10.2. The lowest BCUT2D eigenvalue weighted by Crippen LogP contribution is -2.34. The summed E-state index contributed by atoms with van der Waals surface area (Å²) in [6.45, 7) is 4.15. The van der Waals surface area contributed by atoms with E-state index in [-0.39, 0.29) is 33.8 Å². The molecule has 0 aliphatic rings. The second-order valence-electron chi connectivity index (χ2n) is 8.42. The van der Waals surface area contributed by atoms with Gasteiger partial charge in [-0.25, -0.2) is 8.42 Å². The van der Waals surface area contributed by atoms with E-state index in [4.69, 9.17) is 26.4 Å². The van der Waals surface area contributed by atoms with Crippen LogP contribution in [0.2, 0.25) is 0 Å². The minimum atomic E-state index is -3.97. The molecule has 0 fully saturated rings. The van der Waals surface area contributed by atoms with Crippen molar-refractivity contribution in [3.8, 4) is 17.6 Å². The van der Waals surface area contributed by atoms with Gasteiger partial charge in [-0.05, 0) is 74.1 Å². The molecule has 1 unspecified atom stereocenters. The van der Waals surface area contributed by atoms with Gasteiger partial charge in [0.05, 0.1) is 25.2 Å². The normalized spacial score (nSPS) is 11.7. The fraction of sp³-hybridized carbons (Fsp3) is 0.308. The number of nitrogens with zero attached hydrogens (tertiary/aromatic N) is 2. The molecule has 1 heterocycles. The summed E-state index contributed by atoms with van der Waals surface area (Å²) in [5, 5.41) is 5.53. The van der Waals surface area contributed by atoms with Crippen LogP contribution >= 0.6 is 12.2 Å². The van der Waals surface area contributed by atoms with E-state index >= 15 is 0 Å². The molecule has 1 amide bonds. The number of benzene rings is 2. The Morgan fingerprint density at radius 1 is 1.03 bits per heavy atom. The van der Waals surface area contributed by atoms with Crippen LogP contribution in [0, 0.1) is 0 Å². The molecular formula is C26H31N5O6S2. The van der Waals surface area contributed by atoms with Crippen molar-refractivity contribution in [2.75, 3.05) is 24.3 Å². The summed E-state index contributed by atoms with van der Waals surface area (Å²) in [5.41, 5.74) is 0.896. The van der Waals surface area contributed by atoms with Crippen molar-refractivity contribution in [1.82, 2.24) is 15.3 Å². The monoisotopic (exact) mass is 573 g/mol. The Kier molecular flexibility index (Phi) is 10.4. The first kappa shape index (κ1) is 29.6. The zero-order chi connectivity index (χ0) is 28.4. The number of hydrogen-bond acceptors (Lipinski definition) is 9. The number of sulfonamides is 1. The van der Waals surface area contributed by atoms with Gasteiger partial charge in [0.2, 0.25) is 5.88 Å². The molecule has 0 radical (unpaired) electrons. The molecule has 0 saturated carbocycles. The molecule has 0 spiro atoms. The highest BCUT2D eigenvalue weighted by Crippen LogP contribution is 2.22. The third-order valence-electron chi connectivity index (χ3n) is 5.38. The van der Waals surface area contributed by atoms with E-state index in [1.165, 1.54) is 44.6 Å². The zero-order valence-corrected chi connectivity index (χ0v) is 23.7. The number of anilines is 2. The number of rotatable bonds is 12. The van der Waals surface area contributed by atoms with E-state index in [1.54, 1.807) is 24.3 Å². The van der Waals surface area contributed by atoms with Gasteiger partial charge in [0.15, 0.2) is 10.9 Å².